The molecule has 0 aromatic heterocycles. The molecular formula is C17H16BrNO. The maximum atomic E-state index is 12.6. The molecule has 102 valence electrons. The lowest BCUT2D eigenvalue weighted by molar-refractivity contribution is 0.0730. The van der Waals surface area contributed by atoms with Crippen LogP contribution in [0.4, 0.5) is 0 Å². The summed E-state index contributed by atoms with van der Waals surface area (Å²) < 4.78 is 0.934. The lowest BCUT2D eigenvalue weighted by Crippen LogP contribution is -2.30. The Morgan fingerprint density at radius 3 is 2.80 bits per heavy atom. The van der Waals surface area contributed by atoms with Gasteiger partial charge in [0.05, 0.1) is 6.04 Å². The second-order valence-electron chi connectivity index (χ2n) is 5.18. The first kappa shape index (κ1) is 13.4. The molecule has 2 nitrogen and oxygen atoms in total. The number of aryl methyl sites for hydroxylation is 1. The van der Waals surface area contributed by atoms with Crippen molar-refractivity contribution < 1.29 is 4.79 Å². The Balaban J connectivity index is 1.87. The van der Waals surface area contributed by atoms with Gasteiger partial charge in [-0.2, -0.15) is 0 Å². The van der Waals surface area contributed by atoms with Gasteiger partial charge in [-0.25, -0.2) is 0 Å². The largest absolute Gasteiger partial charge is 0.335 e. The SMILES string of the molecule is CN(C(=O)c1cccc(Br)c1)[C@@H]1CCc2ccccc21. The smallest absolute Gasteiger partial charge is 0.254 e. The molecule has 0 aliphatic heterocycles. The molecule has 3 rings (SSSR count). The van der Waals surface area contributed by atoms with Crippen LogP contribution in [0.15, 0.2) is 53.0 Å². The standard InChI is InChI=1S/C17H16BrNO/c1-19(17(20)13-6-4-7-14(18)11-13)16-10-9-12-5-2-3-8-15(12)16/h2-8,11,16H,9-10H2,1H3/t16-/m1/s1. The highest BCUT2D eigenvalue weighted by molar-refractivity contribution is 9.10. The topological polar surface area (TPSA) is 20.3 Å². The molecule has 2 aromatic carbocycles. The molecule has 20 heavy (non-hydrogen) atoms. The van der Waals surface area contributed by atoms with Crippen molar-refractivity contribution in [2.45, 2.75) is 18.9 Å². The second kappa shape index (κ2) is 5.41. The van der Waals surface area contributed by atoms with Gasteiger partial charge in [0.1, 0.15) is 0 Å². The number of halogens is 1. The Morgan fingerprint density at radius 1 is 1.20 bits per heavy atom. The van der Waals surface area contributed by atoms with Crippen LogP contribution in [-0.2, 0) is 6.42 Å². The van der Waals surface area contributed by atoms with Gasteiger partial charge < -0.3 is 4.90 Å². The number of amides is 1. The molecular weight excluding hydrogens is 314 g/mol. The lowest BCUT2D eigenvalue weighted by atomic mass is 10.1. The quantitative estimate of drug-likeness (QED) is 0.808. The third-order valence-corrected chi connectivity index (χ3v) is 4.45. The molecule has 0 radical (unpaired) electrons. The molecule has 1 aliphatic carbocycles. The summed E-state index contributed by atoms with van der Waals surface area (Å²) in [7, 11) is 1.90. The van der Waals surface area contributed by atoms with E-state index in [9.17, 15) is 4.79 Å². The normalized spacial score (nSPS) is 16.8. The Labute approximate surface area is 127 Å². The number of fused-ring (bicyclic) bond motifs is 1. The molecule has 3 heteroatoms. The van der Waals surface area contributed by atoms with E-state index in [2.05, 4.69) is 40.2 Å². The summed E-state index contributed by atoms with van der Waals surface area (Å²) in [5, 5.41) is 0. The maximum Gasteiger partial charge on any atom is 0.254 e. The summed E-state index contributed by atoms with van der Waals surface area (Å²) in [5.74, 6) is 0.0769. The van der Waals surface area contributed by atoms with Crippen molar-refractivity contribution in [3.8, 4) is 0 Å². The Morgan fingerprint density at radius 2 is 2.00 bits per heavy atom. The van der Waals surface area contributed by atoms with Crippen LogP contribution in [0, 0.1) is 0 Å². The summed E-state index contributed by atoms with van der Waals surface area (Å²) in [5.41, 5.74) is 3.39. The molecule has 1 atom stereocenters. The average molecular weight is 330 g/mol. The van der Waals surface area contributed by atoms with Crippen molar-refractivity contribution in [3.63, 3.8) is 0 Å². The lowest BCUT2D eigenvalue weighted by Gasteiger charge is -2.25. The zero-order valence-corrected chi connectivity index (χ0v) is 12.9. The second-order valence-corrected chi connectivity index (χ2v) is 6.10. The average Bonchev–Trinajstić information content (AvgIpc) is 2.89. The van der Waals surface area contributed by atoms with Crippen molar-refractivity contribution >= 4 is 21.8 Å². The molecule has 0 fully saturated rings. The summed E-state index contributed by atoms with van der Waals surface area (Å²) in [4.78, 5) is 14.5. The van der Waals surface area contributed by atoms with E-state index in [1.165, 1.54) is 11.1 Å². The van der Waals surface area contributed by atoms with Gasteiger partial charge in [-0.1, -0.05) is 46.3 Å². The van der Waals surface area contributed by atoms with Gasteiger partial charge >= 0.3 is 0 Å². The molecule has 0 unspecified atom stereocenters. The van der Waals surface area contributed by atoms with Crippen LogP contribution in [0.5, 0.6) is 0 Å². The van der Waals surface area contributed by atoms with Crippen LogP contribution < -0.4 is 0 Å². The first-order valence-corrected chi connectivity index (χ1v) is 7.56. The van der Waals surface area contributed by atoms with Gasteiger partial charge in [-0.3, -0.25) is 4.79 Å². The Kier molecular flexibility index (Phi) is 3.62. The van der Waals surface area contributed by atoms with Crippen LogP contribution in [-0.4, -0.2) is 17.9 Å². The predicted octanol–water partition coefficient (Wildman–Crippen LogP) is 4.21. The molecule has 0 saturated carbocycles. The van der Waals surface area contributed by atoms with Gasteiger partial charge in [0.2, 0.25) is 0 Å². The van der Waals surface area contributed by atoms with Crippen molar-refractivity contribution in [2.24, 2.45) is 0 Å². The van der Waals surface area contributed by atoms with E-state index in [-0.39, 0.29) is 11.9 Å². The fourth-order valence-corrected chi connectivity index (χ4v) is 3.30. The number of rotatable bonds is 2. The van der Waals surface area contributed by atoms with Gasteiger partial charge in [0.15, 0.2) is 0 Å². The number of carbonyl (C=O) groups is 1. The van der Waals surface area contributed by atoms with Gasteiger partial charge in [0.25, 0.3) is 5.91 Å². The monoisotopic (exact) mass is 329 g/mol. The van der Waals surface area contributed by atoms with E-state index in [1.807, 2.05) is 36.2 Å². The number of carbonyl (C=O) groups excluding carboxylic acids is 1. The van der Waals surface area contributed by atoms with E-state index in [1.54, 1.807) is 0 Å². The van der Waals surface area contributed by atoms with E-state index in [0.717, 1.165) is 22.9 Å². The third-order valence-electron chi connectivity index (χ3n) is 3.96. The minimum Gasteiger partial charge on any atom is -0.335 e. The number of hydrogen-bond acceptors (Lipinski definition) is 1. The van der Waals surface area contributed by atoms with Crippen molar-refractivity contribution in [1.29, 1.82) is 0 Å². The fraction of sp³-hybridized carbons (Fsp3) is 0.235. The van der Waals surface area contributed by atoms with E-state index < -0.39 is 0 Å². The van der Waals surface area contributed by atoms with Crippen LogP contribution in [0.2, 0.25) is 0 Å². The zero-order chi connectivity index (χ0) is 14.1. The number of nitrogens with zero attached hydrogens (tertiary/aromatic N) is 1. The van der Waals surface area contributed by atoms with Gasteiger partial charge in [-0.15, -0.1) is 0 Å². The third kappa shape index (κ3) is 2.38. The summed E-state index contributed by atoms with van der Waals surface area (Å²) >= 11 is 3.42. The molecule has 0 heterocycles. The number of hydrogen-bond donors (Lipinski definition) is 0. The highest BCUT2D eigenvalue weighted by Gasteiger charge is 2.28. The summed E-state index contributed by atoms with van der Waals surface area (Å²) in [6, 6.07) is 16.2. The van der Waals surface area contributed by atoms with Crippen LogP contribution in [0.3, 0.4) is 0 Å². The van der Waals surface area contributed by atoms with E-state index >= 15 is 0 Å². The molecule has 0 saturated heterocycles. The van der Waals surface area contributed by atoms with E-state index in [4.69, 9.17) is 0 Å². The van der Waals surface area contributed by atoms with Crippen LogP contribution >= 0.6 is 15.9 Å². The minimum atomic E-state index is 0.0769. The Bertz CT molecular complexity index is 653. The number of benzene rings is 2. The van der Waals surface area contributed by atoms with Crippen molar-refractivity contribution in [2.75, 3.05) is 7.05 Å². The summed E-state index contributed by atoms with van der Waals surface area (Å²) in [6.07, 6.45) is 2.06. The molecule has 0 bridgehead atoms. The van der Waals surface area contributed by atoms with Gasteiger partial charge in [-0.05, 0) is 42.2 Å². The molecule has 0 N–H and O–H groups in total. The molecule has 1 aliphatic rings. The van der Waals surface area contributed by atoms with Crippen molar-refractivity contribution in [3.05, 3.63) is 69.7 Å². The minimum absolute atomic E-state index is 0.0769. The van der Waals surface area contributed by atoms with Crippen LogP contribution in [0.25, 0.3) is 0 Å². The highest BCUT2D eigenvalue weighted by Crippen LogP contribution is 2.35. The van der Waals surface area contributed by atoms with E-state index in [0.29, 0.717) is 0 Å². The summed E-state index contributed by atoms with van der Waals surface area (Å²) in [6.45, 7) is 0. The molecule has 2 aromatic rings. The predicted molar refractivity (Wildman–Crippen MR) is 83.7 cm³/mol. The Hall–Kier alpha value is -1.61. The highest BCUT2D eigenvalue weighted by atomic mass is 79.9. The fourth-order valence-electron chi connectivity index (χ4n) is 2.90. The maximum absolute atomic E-state index is 12.6. The zero-order valence-electron chi connectivity index (χ0n) is 11.3. The van der Waals surface area contributed by atoms with Crippen LogP contribution in [0.1, 0.15) is 33.9 Å². The first-order valence-electron chi connectivity index (χ1n) is 6.77. The van der Waals surface area contributed by atoms with Gasteiger partial charge in [0, 0.05) is 17.1 Å². The molecule has 0 spiro atoms. The first-order chi connectivity index (χ1) is 9.66. The van der Waals surface area contributed by atoms with Crippen molar-refractivity contribution in [1.82, 2.24) is 4.90 Å². The molecule has 1 amide bonds.